The maximum atomic E-state index is 12.4. The van der Waals surface area contributed by atoms with Crippen LogP contribution in [0.5, 0.6) is 5.75 Å². The van der Waals surface area contributed by atoms with Crippen LogP contribution in [0.4, 0.5) is 5.69 Å². The fraction of sp³-hybridized carbons (Fsp3) is 0.391. The van der Waals surface area contributed by atoms with Crippen molar-refractivity contribution in [2.45, 2.75) is 52.0 Å². The molecule has 1 atom stereocenters. The number of aromatic hydroxyl groups is 1. The van der Waals surface area contributed by atoms with Crippen molar-refractivity contribution in [1.29, 1.82) is 0 Å². The fourth-order valence-electron chi connectivity index (χ4n) is 4.20. The number of phenols is 1. The van der Waals surface area contributed by atoms with E-state index in [0.717, 1.165) is 24.9 Å². The number of nitrogens with one attached hydrogen (secondary N) is 1. The number of hydrazone groups is 1. The van der Waals surface area contributed by atoms with Gasteiger partial charge in [0.15, 0.2) is 0 Å². The molecule has 1 aliphatic heterocycles. The number of rotatable bonds is 5. The summed E-state index contributed by atoms with van der Waals surface area (Å²) in [6.45, 7) is 10.1. The highest BCUT2D eigenvalue weighted by Gasteiger charge is 2.35. The lowest BCUT2D eigenvalue weighted by atomic mass is 9.79. The molecule has 0 aromatic heterocycles. The van der Waals surface area contributed by atoms with Crippen LogP contribution in [-0.4, -0.2) is 29.3 Å². The molecular weight excluding hydrogens is 510 g/mol. The Morgan fingerprint density at radius 3 is 2.77 bits per heavy atom. The van der Waals surface area contributed by atoms with Gasteiger partial charge in [-0.15, -0.1) is 0 Å². The molecule has 0 spiro atoms. The number of hydrogen-bond acceptors (Lipinski definition) is 4. The zero-order chi connectivity index (χ0) is 22.1. The number of halogens is 2. The molecule has 160 valence electrons. The van der Waals surface area contributed by atoms with Crippen LogP contribution in [0.1, 0.15) is 67.9 Å². The molecular formula is C23H27Br2N3O2. The second-order valence-corrected chi connectivity index (χ2v) is 10.1. The Morgan fingerprint density at radius 1 is 1.33 bits per heavy atom. The molecule has 1 amide bonds. The molecule has 0 saturated carbocycles. The number of benzene rings is 2. The van der Waals surface area contributed by atoms with E-state index >= 15 is 0 Å². The lowest BCUT2D eigenvalue weighted by molar-refractivity contribution is 0.0952. The first-order valence-electron chi connectivity index (χ1n) is 10.1. The lowest BCUT2D eigenvalue weighted by Crippen LogP contribution is -2.48. The minimum absolute atomic E-state index is 0.118. The number of fused-ring (bicyclic) bond motifs is 1. The smallest absolute Gasteiger partial charge is 0.275 e. The first-order valence-corrected chi connectivity index (χ1v) is 11.7. The highest BCUT2D eigenvalue weighted by atomic mass is 79.9. The summed E-state index contributed by atoms with van der Waals surface area (Å²) in [6, 6.07) is 9.56. The molecule has 1 heterocycles. The van der Waals surface area contributed by atoms with Crippen LogP contribution >= 0.6 is 31.9 Å². The third-order valence-electron chi connectivity index (χ3n) is 5.51. The van der Waals surface area contributed by atoms with Crippen molar-refractivity contribution in [3.63, 3.8) is 0 Å². The van der Waals surface area contributed by atoms with Crippen molar-refractivity contribution < 1.29 is 9.90 Å². The molecule has 1 aliphatic rings. The number of phenolic OH excluding ortho intramolecular Hbond substituents is 1. The van der Waals surface area contributed by atoms with Gasteiger partial charge in [0.2, 0.25) is 0 Å². The van der Waals surface area contributed by atoms with E-state index in [4.69, 9.17) is 0 Å². The highest BCUT2D eigenvalue weighted by Crippen LogP contribution is 2.43. The van der Waals surface area contributed by atoms with Crippen LogP contribution in [0.2, 0.25) is 0 Å². The topological polar surface area (TPSA) is 64.9 Å². The van der Waals surface area contributed by atoms with Crippen molar-refractivity contribution >= 4 is 49.7 Å². The molecule has 0 saturated heterocycles. The second-order valence-electron chi connectivity index (χ2n) is 8.37. The summed E-state index contributed by atoms with van der Waals surface area (Å²) in [4.78, 5) is 14.9. The summed E-state index contributed by atoms with van der Waals surface area (Å²) in [5.41, 5.74) is 6.29. The second kappa shape index (κ2) is 9.10. The molecule has 3 rings (SSSR count). The van der Waals surface area contributed by atoms with E-state index in [1.807, 2.05) is 6.07 Å². The molecule has 0 radical (unpaired) electrons. The lowest BCUT2D eigenvalue weighted by Gasteiger charge is -2.47. The summed E-state index contributed by atoms with van der Waals surface area (Å²) in [7, 11) is 0. The predicted molar refractivity (Wildman–Crippen MR) is 130 cm³/mol. The van der Waals surface area contributed by atoms with Crippen LogP contribution < -0.4 is 10.3 Å². The van der Waals surface area contributed by atoms with E-state index in [9.17, 15) is 9.90 Å². The summed E-state index contributed by atoms with van der Waals surface area (Å²) in [5, 5.41) is 14.2. The molecule has 0 aliphatic carbocycles. The largest absolute Gasteiger partial charge is 0.506 e. The Balaban J connectivity index is 1.80. The average Bonchev–Trinajstić information content (AvgIpc) is 2.67. The number of hydrogen-bond donors (Lipinski definition) is 2. The molecule has 30 heavy (non-hydrogen) atoms. The Kier molecular flexibility index (Phi) is 6.92. The van der Waals surface area contributed by atoms with Crippen molar-refractivity contribution in [2.24, 2.45) is 5.10 Å². The Hall–Kier alpha value is -1.86. The summed E-state index contributed by atoms with van der Waals surface area (Å²) >= 11 is 6.55. The number of carbonyl (C=O) groups excluding carboxylic acids is 1. The SMILES string of the molecule is CCCN1c2ccc(/C=N\NC(=O)c3cc(Br)cc(Br)c3O)cc2C(C)CC1(C)C. The van der Waals surface area contributed by atoms with E-state index in [1.165, 1.54) is 11.3 Å². The zero-order valence-corrected chi connectivity index (χ0v) is 20.8. The van der Waals surface area contributed by atoms with Crippen molar-refractivity contribution in [1.82, 2.24) is 5.43 Å². The third-order valence-corrected chi connectivity index (χ3v) is 6.57. The molecule has 2 N–H and O–H groups in total. The molecule has 7 heteroatoms. The van der Waals surface area contributed by atoms with Crippen LogP contribution in [0, 0.1) is 0 Å². The summed E-state index contributed by atoms with van der Waals surface area (Å²) < 4.78 is 1.12. The van der Waals surface area contributed by atoms with Gasteiger partial charge in [-0.05, 0) is 83.9 Å². The van der Waals surface area contributed by atoms with E-state index < -0.39 is 5.91 Å². The molecule has 0 fully saturated rings. The Labute approximate surface area is 194 Å². The maximum absolute atomic E-state index is 12.4. The summed E-state index contributed by atoms with van der Waals surface area (Å²) in [6.07, 6.45) is 3.83. The van der Waals surface area contributed by atoms with Gasteiger partial charge in [0.1, 0.15) is 5.75 Å². The fourth-order valence-corrected chi connectivity index (χ4v) is 5.43. The average molecular weight is 537 g/mol. The van der Waals surface area contributed by atoms with Crippen LogP contribution in [0.25, 0.3) is 0 Å². The van der Waals surface area contributed by atoms with Gasteiger partial charge in [0.05, 0.1) is 16.3 Å². The van der Waals surface area contributed by atoms with E-state index in [-0.39, 0.29) is 16.9 Å². The molecule has 5 nitrogen and oxygen atoms in total. The highest BCUT2D eigenvalue weighted by molar-refractivity contribution is 9.11. The zero-order valence-electron chi connectivity index (χ0n) is 17.7. The van der Waals surface area contributed by atoms with Crippen LogP contribution in [-0.2, 0) is 0 Å². The molecule has 0 bridgehead atoms. The molecule has 1 unspecified atom stereocenters. The van der Waals surface area contributed by atoms with Gasteiger partial charge in [-0.1, -0.05) is 35.8 Å². The van der Waals surface area contributed by atoms with Gasteiger partial charge in [-0.3, -0.25) is 4.79 Å². The number of nitrogens with zero attached hydrogens (tertiary/aromatic N) is 2. The van der Waals surface area contributed by atoms with Gasteiger partial charge in [0.25, 0.3) is 5.91 Å². The van der Waals surface area contributed by atoms with Gasteiger partial charge in [0, 0.05) is 22.2 Å². The number of anilines is 1. The van der Waals surface area contributed by atoms with Gasteiger partial charge in [-0.25, -0.2) is 5.43 Å². The first-order chi connectivity index (χ1) is 14.1. The molecule has 2 aromatic carbocycles. The van der Waals surface area contributed by atoms with Crippen molar-refractivity contribution in [3.8, 4) is 5.75 Å². The summed E-state index contributed by atoms with van der Waals surface area (Å²) in [5.74, 6) is -0.151. The van der Waals surface area contributed by atoms with E-state index in [0.29, 0.717) is 14.9 Å². The number of carbonyl (C=O) groups is 1. The Morgan fingerprint density at radius 2 is 2.07 bits per heavy atom. The quantitative estimate of drug-likeness (QED) is 0.354. The predicted octanol–water partition coefficient (Wildman–Crippen LogP) is 6.18. The van der Waals surface area contributed by atoms with E-state index in [2.05, 4.69) is 87.1 Å². The van der Waals surface area contributed by atoms with Gasteiger partial charge in [-0.2, -0.15) is 5.10 Å². The minimum atomic E-state index is -0.479. The minimum Gasteiger partial charge on any atom is -0.506 e. The first kappa shape index (κ1) is 22.8. The standard InChI is InChI=1S/C23H27Br2N3O2/c1-5-8-28-20-7-6-15(9-17(20)14(2)12-23(28,3)4)13-26-27-22(30)18-10-16(24)11-19(25)21(18)29/h6-7,9-11,13-14,29H,5,8,12H2,1-4H3,(H,27,30)/b26-13-. The van der Waals surface area contributed by atoms with Gasteiger partial charge < -0.3 is 10.0 Å². The maximum Gasteiger partial charge on any atom is 0.275 e. The Bertz CT molecular complexity index is 989. The van der Waals surface area contributed by atoms with Gasteiger partial charge >= 0.3 is 0 Å². The van der Waals surface area contributed by atoms with Crippen LogP contribution in [0.3, 0.4) is 0 Å². The van der Waals surface area contributed by atoms with Crippen LogP contribution in [0.15, 0.2) is 44.4 Å². The normalized spacial score (nSPS) is 17.8. The third kappa shape index (κ3) is 4.72. The molecule has 2 aromatic rings. The van der Waals surface area contributed by atoms with Crippen molar-refractivity contribution in [2.75, 3.05) is 11.4 Å². The van der Waals surface area contributed by atoms with Crippen molar-refractivity contribution in [3.05, 3.63) is 56.0 Å². The van der Waals surface area contributed by atoms with E-state index in [1.54, 1.807) is 18.3 Å². The monoisotopic (exact) mass is 535 g/mol. The number of amides is 1.